The average molecular weight is 250 g/mol. The zero-order chi connectivity index (χ0) is 13.1. The van der Waals surface area contributed by atoms with Gasteiger partial charge in [0.05, 0.1) is 5.52 Å². The molecule has 2 nitrogen and oxygen atoms in total. The second kappa shape index (κ2) is 5.29. The number of nitrogens with one attached hydrogen (secondary N) is 1. The van der Waals surface area contributed by atoms with E-state index >= 15 is 0 Å². The summed E-state index contributed by atoms with van der Waals surface area (Å²) in [5, 5.41) is 3.80. The van der Waals surface area contributed by atoms with Crippen LogP contribution in [0.2, 0.25) is 0 Å². The fraction of sp³-hybridized carbons (Fsp3) is 0.357. The molecule has 2 rings (SSSR count). The maximum atomic E-state index is 13.2. The van der Waals surface area contributed by atoms with E-state index in [1.54, 1.807) is 0 Å². The van der Waals surface area contributed by atoms with Crippen molar-refractivity contribution in [3.05, 3.63) is 35.4 Å². The number of halogens is 2. The van der Waals surface area contributed by atoms with Crippen molar-refractivity contribution in [2.75, 3.05) is 11.9 Å². The Morgan fingerprint density at radius 2 is 1.83 bits per heavy atom. The second-order valence-corrected chi connectivity index (χ2v) is 4.24. The summed E-state index contributed by atoms with van der Waals surface area (Å²) >= 11 is 0. The zero-order valence-electron chi connectivity index (χ0n) is 10.6. The van der Waals surface area contributed by atoms with Crippen molar-refractivity contribution in [1.82, 2.24) is 4.98 Å². The molecule has 18 heavy (non-hydrogen) atoms. The molecule has 0 bridgehead atoms. The molecule has 0 unspecified atom stereocenters. The van der Waals surface area contributed by atoms with Crippen molar-refractivity contribution >= 4 is 16.7 Å². The molecule has 0 aliphatic heterocycles. The van der Waals surface area contributed by atoms with Gasteiger partial charge in [0.15, 0.2) is 11.6 Å². The van der Waals surface area contributed by atoms with Gasteiger partial charge in [0.2, 0.25) is 0 Å². The summed E-state index contributed by atoms with van der Waals surface area (Å²) in [5.41, 5.74) is 1.52. The van der Waals surface area contributed by atoms with Gasteiger partial charge in [-0.1, -0.05) is 13.3 Å². The van der Waals surface area contributed by atoms with E-state index in [1.807, 2.05) is 13.0 Å². The van der Waals surface area contributed by atoms with Crippen molar-refractivity contribution in [3.63, 3.8) is 0 Å². The third-order valence-electron chi connectivity index (χ3n) is 2.80. The predicted octanol–water partition coefficient (Wildman–Crippen LogP) is 3.90. The lowest BCUT2D eigenvalue weighted by atomic mass is 10.1. The Morgan fingerprint density at radius 1 is 1.11 bits per heavy atom. The van der Waals surface area contributed by atoms with Crippen molar-refractivity contribution < 1.29 is 8.78 Å². The zero-order valence-corrected chi connectivity index (χ0v) is 10.6. The molecule has 2 aromatic rings. The molecule has 4 heteroatoms. The van der Waals surface area contributed by atoms with Gasteiger partial charge >= 0.3 is 0 Å². The van der Waals surface area contributed by atoms with Crippen LogP contribution >= 0.6 is 0 Å². The molecule has 1 aromatic carbocycles. The van der Waals surface area contributed by atoms with Gasteiger partial charge in [0, 0.05) is 18.0 Å². The Bertz CT molecular complexity index is 517. The number of hydrogen-bond acceptors (Lipinski definition) is 2. The maximum absolute atomic E-state index is 13.2. The van der Waals surface area contributed by atoms with Crippen LogP contribution in [0, 0.1) is 11.6 Å². The molecular weight excluding hydrogens is 234 g/mol. The lowest BCUT2D eigenvalue weighted by Gasteiger charge is -2.11. The van der Waals surface area contributed by atoms with Crippen molar-refractivity contribution in [1.29, 1.82) is 0 Å². The number of aryl methyl sites for hydroxylation is 1. The summed E-state index contributed by atoms with van der Waals surface area (Å²) in [6.45, 7) is 4.80. The Balaban J connectivity index is 2.60. The van der Waals surface area contributed by atoms with Crippen molar-refractivity contribution in [3.8, 4) is 0 Å². The molecule has 0 aliphatic carbocycles. The van der Waals surface area contributed by atoms with Crippen LogP contribution in [-0.4, -0.2) is 11.5 Å². The van der Waals surface area contributed by atoms with E-state index in [0.29, 0.717) is 10.9 Å². The van der Waals surface area contributed by atoms with E-state index in [0.717, 1.165) is 36.8 Å². The number of hydrogen-bond donors (Lipinski definition) is 1. The lowest BCUT2D eigenvalue weighted by Crippen LogP contribution is -2.04. The smallest absolute Gasteiger partial charge is 0.161 e. The molecular formula is C14H16F2N2. The van der Waals surface area contributed by atoms with E-state index in [2.05, 4.69) is 17.2 Å². The van der Waals surface area contributed by atoms with Crippen molar-refractivity contribution in [2.45, 2.75) is 26.7 Å². The normalized spacial score (nSPS) is 10.9. The van der Waals surface area contributed by atoms with E-state index in [4.69, 9.17) is 0 Å². The highest BCUT2D eigenvalue weighted by atomic mass is 19.2. The average Bonchev–Trinajstić information content (AvgIpc) is 2.33. The van der Waals surface area contributed by atoms with Crippen LogP contribution in [-0.2, 0) is 6.42 Å². The van der Waals surface area contributed by atoms with Crippen LogP contribution in [0.3, 0.4) is 0 Å². The third-order valence-corrected chi connectivity index (χ3v) is 2.80. The fourth-order valence-electron chi connectivity index (χ4n) is 1.99. The summed E-state index contributed by atoms with van der Waals surface area (Å²) in [5.74, 6) is -0.929. The summed E-state index contributed by atoms with van der Waals surface area (Å²) < 4.78 is 26.4. The van der Waals surface area contributed by atoms with Gasteiger partial charge in [-0.25, -0.2) is 13.8 Å². The Hall–Kier alpha value is -1.71. The molecule has 0 aliphatic rings. The summed E-state index contributed by atoms with van der Waals surface area (Å²) in [6, 6.07) is 4.22. The molecule has 0 saturated heterocycles. The molecule has 1 aromatic heterocycles. The fourth-order valence-corrected chi connectivity index (χ4v) is 1.99. The van der Waals surface area contributed by atoms with Crippen LogP contribution in [0.15, 0.2) is 18.2 Å². The first kappa shape index (κ1) is 12.7. The molecule has 96 valence electrons. The first-order valence-corrected chi connectivity index (χ1v) is 6.18. The van der Waals surface area contributed by atoms with Crippen molar-refractivity contribution in [2.24, 2.45) is 0 Å². The number of aromatic nitrogens is 1. The third kappa shape index (κ3) is 2.42. The quantitative estimate of drug-likeness (QED) is 0.890. The minimum atomic E-state index is -0.860. The second-order valence-electron chi connectivity index (χ2n) is 4.24. The monoisotopic (exact) mass is 250 g/mol. The largest absolute Gasteiger partial charge is 0.370 e. The summed E-state index contributed by atoms with van der Waals surface area (Å²) in [4.78, 5) is 4.37. The van der Waals surface area contributed by atoms with Crippen LogP contribution in [0.25, 0.3) is 10.9 Å². The number of nitrogens with zero attached hydrogens (tertiary/aromatic N) is 1. The lowest BCUT2D eigenvalue weighted by molar-refractivity contribution is 0.510. The molecule has 0 atom stereocenters. The molecule has 1 heterocycles. The SMILES string of the molecule is CCCc1cc2cc(F)c(F)cc2nc1NCC. The highest BCUT2D eigenvalue weighted by Crippen LogP contribution is 2.23. The van der Waals surface area contributed by atoms with Crippen LogP contribution < -0.4 is 5.32 Å². The Kier molecular flexibility index (Phi) is 3.75. The minimum Gasteiger partial charge on any atom is -0.370 e. The van der Waals surface area contributed by atoms with Gasteiger partial charge in [-0.15, -0.1) is 0 Å². The Labute approximate surface area is 105 Å². The number of anilines is 1. The molecule has 1 N–H and O–H groups in total. The van der Waals surface area contributed by atoms with Gasteiger partial charge in [0.1, 0.15) is 5.82 Å². The van der Waals surface area contributed by atoms with E-state index in [1.165, 1.54) is 6.07 Å². The molecule has 0 fully saturated rings. The van der Waals surface area contributed by atoms with Crippen LogP contribution in [0.1, 0.15) is 25.8 Å². The van der Waals surface area contributed by atoms with Crippen LogP contribution in [0.4, 0.5) is 14.6 Å². The summed E-state index contributed by atoms with van der Waals surface area (Å²) in [6.07, 6.45) is 1.85. The minimum absolute atomic E-state index is 0.477. The number of pyridine rings is 1. The van der Waals surface area contributed by atoms with Gasteiger partial charge in [-0.3, -0.25) is 0 Å². The standard InChI is InChI=1S/C14H16F2N2/c1-3-5-9-6-10-7-11(15)12(16)8-13(10)18-14(9)17-4-2/h6-8H,3-5H2,1-2H3,(H,17,18). The van der Waals surface area contributed by atoms with Gasteiger partial charge in [0.25, 0.3) is 0 Å². The molecule has 0 saturated carbocycles. The maximum Gasteiger partial charge on any atom is 0.161 e. The molecule has 0 spiro atoms. The number of fused-ring (bicyclic) bond motifs is 1. The van der Waals surface area contributed by atoms with E-state index in [9.17, 15) is 8.78 Å². The van der Waals surface area contributed by atoms with Gasteiger partial charge in [-0.2, -0.15) is 0 Å². The highest BCUT2D eigenvalue weighted by Gasteiger charge is 2.09. The molecule has 0 amide bonds. The first-order chi connectivity index (χ1) is 8.65. The number of benzene rings is 1. The van der Waals surface area contributed by atoms with Gasteiger partial charge in [-0.05, 0) is 31.0 Å². The first-order valence-electron chi connectivity index (χ1n) is 6.18. The number of rotatable bonds is 4. The molecule has 0 radical (unpaired) electrons. The summed E-state index contributed by atoms with van der Waals surface area (Å²) in [7, 11) is 0. The predicted molar refractivity (Wildman–Crippen MR) is 69.8 cm³/mol. The topological polar surface area (TPSA) is 24.9 Å². The van der Waals surface area contributed by atoms with Crippen LogP contribution in [0.5, 0.6) is 0 Å². The van der Waals surface area contributed by atoms with E-state index < -0.39 is 11.6 Å². The van der Waals surface area contributed by atoms with E-state index in [-0.39, 0.29) is 0 Å². The van der Waals surface area contributed by atoms with Gasteiger partial charge < -0.3 is 5.32 Å². The highest BCUT2D eigenvalue weighted by molar-refractivity contribution is 5.82. The Morgan fingerprint density at radius 3 is 2.50 bits per heavy atom.